The van der Waals surface area contributed by atoms with Crippen LogP contribution in [0.1, 0.15) is 42.6 Å². The third-order valence-corrected chi connectivity index (χ3v) is 5.33. The van der Waals surface area contributed by atoms with E-state index < -0.39 is 11.7 Å². The van der Waals surface area contributed by atoms with Crippen LogP contribution in [0.25, 0.3) is 11.1 Å². The minimum atomic E-state index is -4.40. The molecule has 30 heavy (non-hydrogen) atoms. The maximum atomic E-state index is 12.9. The van der Waals surface area contributed by atoms with Crippen molar-refractivity contribution in [3.8, 4) is 11.1 Å². The van der Waals surface area contributed by atoms with Crippen LogP contribution in [0.2, 0.25) is 0 Å². The number of nitrogens with zero attached hydrogens (tertiary/aromatic N) is 1. The number of piperidine rings is 1. The van der Waals surface area contributed by atoms with Crippen molar-refractivity contribution in [2.24, 2.45) is 5.92 Å². The SMILES string of the molecule is CC(C)C(=O)N1CCC(NC(=O)c2ccccc2-c2ccc(C(F)(F)F)cc2)CC1. The third-order valence-electron chi connectivity index (χ3n) is 5.33. The topological polar surface area (TPSA) is 49.4 Å². The second-order valence-electron chi connectivity index (χ2n) is 7.85. The summed E-state index contributed by atoms with van der Waals surface area (Å²) in [5.74, 6) is -0.196. The number of hydrogen-bond acceptors (Lipinski definition) is 2. The lowest BCUT2D eigenvalue weighted by Crippen LogP contribution is -2.47. The molecule has 0 atom stereocenters. The fraction of sp³-hybridized carbons (Fsp3) is 0.391. The number of carbonyl (C=O) groups excluding carboxylic acids is 2. The van der Waals surface area contributed by atoms with Gasteiger partial charge in [0.15, 0.2) is 0 Å². The van der Waals surface area contributed by atoms with Gasteiger partial charge in [-0.25, -0.2) is 0 Å². The molecule has 2 aromatic carbocycles. The summed E-state index contributed by atoms with van der Waals surface area (Å²) in [7, 11) is 0. The molecule has 1 fully saturated rings. The van der Waals surface area contributed by atoms with Gasteiger partial charge in [0.25, 0.3) is 5.91 Å². The van der Waals surface area contributed by atoms with E-state index in [0.29, 0.717) is 42.6 Å². The van der Waals surface area contributed by atoms with Crippen LogP contribution < -0.4 is 5.32 Å². The van der Waals surface area contributed by atoms with Crippen LogP contribution in [0.4, 0.5) is 13.2 Å². The molecule has 0 aliphatic carbocycles. The van der Waals surface area contributed by atoms with Gasteiger partial charge in [0.2, 0.25) is 5.91 Å². The van der Waals surface area contributed by atoms with Gasteiger partial charge in [0, 0.05) is 30.6 Å². The van der Waals surface area contributed by atoms with Crippen LogP contribution >= 0.6 is 0 Å². The predicted octanol–water partition coefficient (Wildman–Crippen LogP) is 4.75. The van der Waals surface area contributed by atoms with Crippen molar-refractivity contribution in [2.75, 3.05) is 13.1 Å². The van der Waals surface area contributed by atoms with Crippen molar-refractivity contribution in [3.05, 3.63) is 59.7 Å². The predicted molar refractivity (Wildman–Crippen MR) is 109 cm³/mol. The highest BCUT2D eigenvalue weighted by Gasteiger charge is 2.30. The second-order valence-corrected chi connectivity index (χ2v) is 7.85. The first-order valence-corrected chi connectivity index (χ1v) is 10.0. The molecule has 0 bridgehead atoms. The third kappa shape index (κ3) is 5.01. The highest BCUT2D eigenvalue weighted by molar-refractivity contribution is 6.01. The van der Waals surface area contributed by atoms with Gasteiger partial charge < -0.3 is 10.2 Å². The number of alkyl halides is 3. The van der Waals surface area contributed by atoms with Gasteiger partial charge in [-0.15, -0.1) is 0 Å². The number of halogens is 3. The Labute approximate surface area is 174 Å². The van der Waals surface area contributed by atoms with Crippen molar-refractivity contribution in [2.45, 2.75) is 38.9 Å². The van der Waals surface area contributed by atoms with Crippen molar-refractivity contribution in [1.29, 1.82) is 0 Å². The Kier molecular flexibility index (Phi) is 6.48. The van der Waals surface area contributed by atoms with Gasteiger partial charge in [-0.3, -0.25) is 9.59 Å². The van der Waals surface area contributed by atoms with E-state index in [1.54, 1.807) is 24.3 Å². The minimum Gasteiger partial charge on any atom is -0.349 e. The summed E-state index contributed by atoms with van der Waals surface area (Å²) >= 11 is 0. The van der Waals surface area contributed by atoms with Crippen LogP contribution in [0, 0.1) is 5.92 Å². The maximum absolute atomic E-state index is 12.9. The number of rotatable bonds is 4. The lowest BCUT2D eigenvalue weighted by molar-refractivity contribution is -0.137. The molecule has 0 saturated carbocycles. The number of nitrogens with one attached hydrogen (secondary N) is 1. The van der Waals surface area contributed by atoms with Gasteiger partial charge in [0.05, 0.1) is 5.56 Å². The first kappa shape index (κ1) is 21.9. The van der Waals surface area contributed by atoms with Crippen molar-refractivity contribution < 1.29 is 22.8 Å². The quantitative estimate of drug-likeness (QED) is 0.779. The molecule has 1 saturated heterocycles. The molecule has 0 radical (unpaired) electrons. The molecule has 160 valence electrons. The summed E-state index contributed by atoms with van der Waals surface area (Å²) in [6.45, 7) is 4.94. The summed E-state index contributed by atoms with van der Waals surface area (Å²) in [6, 6.07) is 11.6. The van der Waals surface area contributed by atoms with Crippen LogP contribution in [0.3, 0.4) is 0 Å². The number of benzene rings is 2. The Bertz CT molecular complexity index is 899. The molecule has 1 aliphatic heterocycles. The van der Waals surface area contributed by atoms with Crippen LogP contribution in [-0.2, 0) is 11.0 Å². The number of likely N-dealkylation sites (tertiary alicyclic amines) is 1. The number of carbonyl (C=O) groups is 2. The van der Waals surface area contributed by atoms with Crippen molar-refractivity contribution in [3.63, 3.8) is 0 Å². The normalized spacial score (nSPS) is 15.3. The summed E-state index contributed by atoms with van der Waals surface area (Å²) in [6.07, 6.45) is -3.06. The minimum absolute atomic E-state index is 0.0469. The molecular formula is C23H25F3N2O2. The molecule has 1 N–H and O–H groups in total. The first-order valence-electron chi connectivity index (χ1n) is 10.0. The zero-order valence-electron chi connectivity index (χ0n) is 17.0. The Morgan fingerprint density at radius 1 is 1.00 bits per heavy atom. The summed E-state index contributed by atoms with van der Waals surface area (Å²) in [5, 5.41) is 3.01. The summed E-state index contributed by atoms with van der Waals surface area (Å²) in [4.78, 5) is 26.8. The monoisotopic (exact) mass is 418 g/mol. The van der Waals surface area contributed by atoms with Gasteiger partial charge in [0.1, 0.15) is 0 Å². The molecule has 0 aromatic heterocycles. The van der Waals surface area contributed by atoms with E-state index in [-0.39, 0.29) is 23.8 Å². The standard InChI is InChI=1S/C23H25F3N2O2/c1-15(2)22(30)28-13-11-18(12-14-28)27-21(29)20-6-4-3-5-19(20)16-7-9-17(10-8-16)23(24,25)26/h3-10,15,18H,11-14H2,1-2H3,(H,27,29). The van der Waals surface area contributed by atoms with Crippen molar-refractivity contribution >= 4 is 11.8 Å². The van der Waals surface area contributed by atoms with Gasteiger partial charge in [-0.05, 0) is 42.2 Å². The van der Waals surface area contributed by atoms with Crippen molar-refractivity contribution in [1.82, 2.24) is 10.2 Å². The van der Waals surface area contributed by atoms with Gasteiger partial charge in [-0.1, -0.05) is 44.2 Å². The smallest absolute Gasteiger partial charge is 0.349 e. The molecule has 7 heteroatoms. The Morgan fingerprint density at radius 3 is 2.17 bits per heavy atom. The second kappa shape index (κ2) is 8.90. The fourth-order valence-corrected chi connectivity index (χ4v) is 3.64. The molecule has 0 unspecified atom stereocenters. The van der Waals surface area contributed by atoms with Gasteiger partial charge >= 0.3 is 6.18 Å². The van der Waals surface area contributed by atoms with E-state index in [1.807, 2.05) is 18.7 Å². The molecule has 4 nitrogen and oxygen atoms in total. The zero-order valence-corrected chi connectivity index (χ0v) is 17.0. The average Bonchev–Trinajstić information content (AvgIpc) is 2.73. The molecule has 0 spiro atoms. The molecule has 2 aromatic rings. The molecule has 1 aliphatic rings. The fourth-order valence-electron chi connectivity index (χ4n) is 3.64. The Morgan fingerprint density at radius 2 is 1.60 bits per heavy atom. The Hall–Kier alpha value is -2.83. The maximum Gasteiger partial charge on any atom is 0.416 e. The number of hydrogen-bond donors (Lipinski definition) is 1. The molecular weight excluding hydrogens is 393 g/mol. The van der Waals surface area contributed by atoms with Gasteiger partial charge in [-0.2, -0.15) is 13.2 Å². The van der Waals surface area contributed by atoms with Crippen LogP contribution in [-0.4, -0.2) is 35.8 Å². The lowest BCUT2D eigenvalue weighted by Gasteiger charge is -2.33. The molecule has 3 rings (SSSR count). The summed E-state index contributed by atoms with van der Waals surface area (Å²) < 4.78 is 38.5. The van der Waals surface area contributed by atoms with E-state index in [0.717, 1.165) is 12.1 Å². The zero-order chi connectivity index (χ0) is 21.9. The van der Waals surface area contributed by atoms with Crippen LogP contribution in [0.15, 0.2) is 48.5 Å². The largest absolute Gasteiger partial charge is 0.416 e. The lowest BCUT2D eigenvalue weighted by atomic mass is 9.97. The van der Waals surface area contributed by atoms with E-state index in [9.17, 15) is 22.8 Å². The Balaban J connectivity index is 1.70. The van der Waals surface area contributed by atoms with E-state index in [2.05, 4.69) is 5.32 Å². The molecule has 1 heterocycles. The summed E-state index contributed by atoms with van der Waals surface area (Å²) in [5.41, 5.74) is 0.816. The van der Waals surface area contributed by atoms with E-state index in [4.69, 9.17) is 0 Å². The van der Waals surface area contributed by atoms with Crippen LogP contribution in [0.5, 0.6) is 0 Å². The van der Waals surface area contributed by atoms with E-state index >= 15 is 0 Å². The highest BCUT2D eigenvalue weighted by Crippen LogP contribution is 2.32. The number of amides is 2. The van der Waals surface area contributed by atoms with E-state index in [1.165, 1.54) is 12.1 Å². The molecule has 2 amide bonds. The highest BCUT2D eigenvalue weighted by atomic mass is 19.4. The first-order chi connectivity index (χ1) is 14.2. The average molecular weight is 418 g/mol.